The maximum absolute atomic E-state index is 3.65. The second kappa shape index (κ2) is 4.82. The fourth-order valence-electron chi connectivity index (χ4n) is 4.65. The number of benzene rings is 1. The van der Waals surface area contributed by atoms with Crippen LogP contribution in [-0.2, 0) is 6.42 Å². The van der Waals surface area contributed by atoms with Crippen molar-refractivity contribution in [2.24, 2.45) is 11.8 Å². The molecule has 1 aromatic carbocycles. The van der Waals surface area contributed by atoms with E-state index in [0.717, 1.165) is 17.9 Å². The molecule has 0 aromatic heterocycles. The van der Waals surface area contributed by atoms with Gasteiger partial charge in [0.15, 0.2) is 0 Å². The van der Waals surface area contributed by atoms with E-state index < -0.39 is 0 Å². The maximum Gasteiger partial charge on any atom is 0.0401 e. The maximum atomic E-state index is 3.65. The zero-order valence-corrected chi connectivity index (χ0v) is 11.6. The molecular formula is C17H24N2. The highest BCUT2D eigenvalue weighted by atomic mass is 15.2. The lowest BCUT2D eigenvalue weighted by atomic mass is 9.72. The molecule has 2 nitrogen and oxygen atoms in total. The molecule has 19 heavy (non-hydrogen) atoms. The topological polar surface area (TPSA) is 15.3 Å². The van der Waals surface area contributed by atoms with E-state index in [4.69, 9.17) is 0 Å². The van der Waals surface area contributed by atoms with Crippen molar-refractivity contribution in [3.05, 3.63) is 29.8 Å². The third-order valence-electron chi connectivity index (χ3n) is 5.43. The summed E-state index contributed by atoms with van der Waals surface area (Å²) in [6, 6.07) is 9.90. The Hall–Kier alpha value is -1.02. The summed E-state index contributed by atoms with van der Waals surface area (Å²) >= 11 is 0. The number of nitrogens with one attached hydrogen (secondary N) is 1. The minimum Gasteiger partial charge on any atom is -0.368 e. The van der Waals surface area contributed by atoms with E-state index in [9.17, 15) is 0 Å². The molecule has 2 heteroatoms. The first kappa shape index (κ1) is 11.8. The molecule has 2 fully saturated rings. The van der Waals surface area contributed by atoms with Gasteiger partial charge in [-0.3, -0.25) is 0 Å². The summed E-state index contributed by atoms with van der Waals surface area (Å²) in [5.41, 5.74) is 3.11. The van der Waals surface area contributed by atoms with Gasteiger partial charge in [-0.15, -0.1) is 0 Å². The quantitative estimate of drug-likeness (QED) is 0.831. The first-order valence-electron chi connectivity index (χ1n) is 7.99. The molecule has 2 aliphatic heterocycles. The van der Waals surface area contributed by atoms with Crippen molar-refractivity contribution in [1.82, 2.24) is 5.32 Å². The van der Waals surface area contributed by atoms with Gasteiger partial charge in [0.25, 0.3) is 0 Å². The van der Waals surface area contributed by atoms with Crippen LogP contribution in [0.15, 0.2) is 24.3 Å². The molecule has 1 saturated carbocycles. The van der Waals surface area contributed by atoms with Crippen LogP contribution in [0.5, 0.6) is 0 Å². The monoisotopic (exact) mass is 256 g/mol. The summed E-state index contributed by atoms with van der Waals surface area (Å²) in [5.74, 6) is 1.75. The largest absolute Gasteiger partial charge is 0.368 e. The molecule has 0 amide bonds. The lowest BCUT2D eigenvalue weighted by molar-refractivity contribution is 0.159. The van der Waals surface area contributed by atoms with Gasteiger partial charge in [0.1, 0.15) is 0 Å². The number of piperidine rings is 1. The average molecular weight is 256 g/mol. The van der Waals surface area contributed by atoms with Crippen molar-refractivity contribution in [2.75, 3.05) is 24.5 Å². The SMILES string of the molecule is c1ccc2c(c1)CCCN2C1[C@@H]2CCC[C@H]1CNC2. The Kier molecular flexibility index (Phi) is 2.99. The molecular weight excluding hydrogens is 232 g/mol. The van der Waals surface area contributed by atoms with Gasteiger partial charge in [-0.05, 0) is 62.2 Å². The van der Waals surface area contributed by atoms with Crippen LogP contribution in [0.25, 0.3) is 0 Å². The van der Waals surface area contributed by atoms with E-state index in [1.54, 1.807) is 5.56 Å². The molecule has 1 aromatic rings. The summed E-state index contributed by atoms with van der Waals surface area (Å²) < 4.78 is 0. The van der Waals surface area contributed by atoms with E-state index in [1.807, 2.05) is 0 Å². The third-order valence-corrected chi connectivity index (χ3v) is 5.43. The van der Waals surface area contributed by atoms with Gasteiger partial charge in [0, 0.05) is 18.3 Å². The first-order valence-corrected chi connectivity index (χ1v) is 7.99. The van der Waals surface area contributed by atoms with Gasteiger partial charge in [-0.1, -0.05) is 24.6 Å². The number of hydrogen-bond acceptors (Lipinski definition) is 2. The van der Waals surface area contributed by atoms with Crippen LogP contribution in [0.3, 0.4) is 0 Å². The number of aryl methyl sites for hydroxylation is 1. The highest BCUT2D eigenvalue weighted by molar-refractivity contribution is 5.56. The number of nitrogens with zero attached hydrogens (tertiary/aromatic N) is 1. The van der Waals surface area contributed by atoms with E-state index in [1.165, 1.54) is 57.4 Å². The molecule has 3 atom stereocenters. The Morgan fingerprint density at radius 3 is 2.63 bits per heavy atom. The fourth-order valence-corrected chi connectivity index (χ4v) is 4.65. The van der Waals surface area contributed by atoms with E-state index in [2.05, 4.69) is 34.5 Å². The van der Waals surface area contributed by atoms with Crippen LogP contribution in [0, 0.1) is 11.8 Å². The number of para-hydroxylation sites is 1. The van der Waals surface area contributed by atoms with Crippen LogP contribution < -0.4 is 10.2 Å². The van der Waals surface area contributed by atoms with Crippen molar-refractivity contribution in [3.63, 3.8) is 0 Å². The van der Waals surface area contributed by atoms with Crippen molar-refractivity contribution in [1.29, 1.82) is 0 Å². The average Bonchev–Trinajstić information content (AvgIpc) is 2.46. The molecule has 1 aliphatic carbocycles. The fraction of sp³-hybridized carbons (Fsp3) is 0.647. The van der Waals surface area contributed by atoms with Crippen LogP contribution in [0.2, 0.25) is 0 Å². The highest BCUT2D eigenvalue weighted by Crippen LogP contribution is 2.40. The number of hydrogen-bond donors (Lipinski definition) is 1. The Morgan fingerprint density at radius 1 is 1.00 bits per heavy atom. The summed E-state index contributed by atoms with van der Waals surface area (Å²) in [4.78, 5) is 2.77. The Balaban J connectivity index is 1.69. The summed E-state index contributed by atoms with van der Waals surface area (Å²) in [6.45, 7) is 3.74. The highest BCUT2D eigenvalue weighted by Gasteiger charge is 2.40. The molecule has 2 bridgehead atoms. The lowest BCUT2D eigenvalue weighted by Gasteiger charge is -2.51. The number of fused-ring (bicyclic) bond motifs is 3. The van der Waals surface area contributed by atoms with E-state index in [0.29, 0.717) is 0 Å². The Morgan fingerprint density at radius 2 is 1.79 bits per heavy atom. The van der Waals surface area contributed by atoms with Gasteiger partial charge >= 0.3 is 0 Å². The number of anilines is 1. The van der Waals surface area contributed by atoms with Gasteiger partial charge in [0.05, 0.1) is 0 Å². The second-order valence-electron chi connectivity index (χ2n) is 6.53. The van der Waals surface area contributed by atoms with Crippen molar-refractivity contribution in [3.8, 4) is 0 Å². The van der Waals surface area contributed by atoms with Crippen molar-refractivity contribution in [2.45, 2.75) is 38.1 Å². The zero-order valence-electron chi connectivity index (χ0n) is 11.6. The second-order valence-corrected chi connectivity index (χ2v) is 6.53. The molecule has 1 saturated heterocycles. The molecule has 1 unspecified atom stereocenters. The molecule has 0 spiro atoms. The van der Waals surface area contributed by atoms with E-state index in [-0.39, 0.29) is 0 Å². The normalized spacial score (nSPS) is 33.9. The number of rotatable bonds is 1. The zero-order chi connectivity index (χ0) is 12.7. The predicted molar refractivity (Wildman–Crippen MR) is 79.6 cm³/mol. The molecule has 3 aliphatic rings. The molecule has 102 valence electrons. The summed E-state index contributed by atoms with van der Waals surface area (Å²) in [6.07, 6.45) is 6.90. The third kappa shape index (κ3) is 1.97. The van der Waals surface area contributed by atoms with Crippen LogP contribution in [-0.4, -0.2) is 25.7 Å². The van der Waals surface area contributed by atoms with Crippen LogP contribution in [0.4, 0.5) is 5.69 Å². The Labute approximate surface area is 116 Å². The minimum absolute atomic E-state index is 0.802. The minimum atomic E-state index is 0.802. The molecule has 4 rings (SSSR count). The van der Waals surface area contributed by atoms with Crippen molar-refractivity contribution < 1.29 is 0 Å². The standard InChI is InChI=1S/C17H24N2/c1-2-9-16-13(5-1)8-4-10-19(16)17-14-6-3-7-15(17)12-18-11-14/h1-2,5,9,14-15,17-18H,3-4,6-8,10-12H2/t14-,15+,17?. The Bertz CT molecular complexity index is 434. The molecule has 0 radical (unpaired) electrons. The lowest BCUT2D eigenvalue weighted by Crippen LogP contribution is -2.58. The van der Waals surface area contributed by atoms with Crippen LogP contribution >= 0.6 is 0 Å². The first-order chi connectivity index (χ1) is 9.43. The van der Waals surface area contributed by atoms with E-state index >= 15 is 0 Å². The smallest absolute Gasteiger partial charge is 0.0401 e. The predicted octanol–water partition coefficient (Wildman–Crippen LogP) is 2.83. The van der Waals surface area contributed by atoms with Gasteiger partial charge < -0.3 is 10.2 Å². The summed E-state index contributed by atoms with van der Waals surface area (Å²) in [5, 5.41) is 3.65. The molecule has 1 N–H and O–H groups in total. The summed E-state index contributed by atoms with van der Waals surface area (Å²) in [7, 11) is 0. The van der Waals surface area contributed by atoms with Gasteiger partial charge in [-0.25, -0.2) is 0 Å². The van der Waals surface area contributed by atoms with Crippen LogP contribution in [0.1, 0.15) is 31.2 Å². The van der Waals surface area contributed by atoms with Crippen molar-refractivity contribution >= 4 is 5.69 Å². The molecule has 2 heterocycles. The van der Waals surface area contributed by atoms with Gasteiger partial charge in [-0.2, -0.15) is 0 Å². The van der Waals surface area contributed by atoms with Gasteiger partial charge in [0.2, 0.25) is 0 Å².